The Balaban J connectivity index is 2.00. The van der Waals surface area contributed by atoms with Gasteiger partial charge in [-0.2, -0.15) is 0 Å². The third-order valence-corrected chi connectivity index (χ3v) is 5.64. The molecule has 168 valence electrons. The molecule has 1 aliphatic rings. The molecule has 33 heavy (non-hydrogen) atoms. The number of hydrogen-bond acceptors (Lipinski definition) is 5. The molecule has 1 unspecified atom stereocenters. The summed E-state index contributed by atoms with van der Waals surface area (Å²) < 4.78 is 19.0. The zero-order valence-electron chi connectivity index (χ0n) is 18.3. The number of aliphatic hydroxyl groups excluding tert-OH is 1. The standard InChI is InChI=1S/C26H22FNO5/c1-14-12-15(2)25(33-3)20(13-14)23(30)21-22(16-4-10-19(29)11-5-16)28(26(32)24(21)31)18-8-6-17(27)7-9-18/h4-13,22,29-30H,1-3H3/b23-21+. The third kappa shape index (κ3) is 3.82. The Morgan fingerprint density at radius 2 is 1.64 bits per heavy atom. The minimum atomic E-state index is -0.999. The lowest BCUT2D eigenvalue weighted by atomic mass is 9.93. The predicted octanol–water partition coefficient (Wildman–Crippen LogP) is 4.78. The number of benzene rings is 3. The summed E-state index contributed by atoms with van der Waals surface area (Å²) in [5.74, 6) is -2.21. The quantitative estimate of drug-likeness (QED) is 0.341. The number of Topliss-reactive ketones (excluding diaryl/α,β-unsaturated/α-hetero) is 1. The van der Waals surface area contributed by atoms with Gasteiger partial charge in [0.25, 0.3) is 11.7 Å². The van der Waals surface area contributed by atoms with E-state index in [0.717, 1.165) is 11.1 Å². The van der Waals surface area contributed by atoms with E-state index in [-0.39, 0.29) is 22.6 Å². The van der Waals surface area contributed by atoms with Gasteiger partial charge in [0.15, 0.2) is 0 Å². The van der Waals surface area contributed by atoms with E-state index in [4.69, 9.17) is 4.74 Å². The van der Waals surface area contributed by atoms with Crippen molar-refractivity contribution in [3.63, 3.8) is 0 Å². The second-order valence-corrected chi connectivity index (χ2v) is 7.90. The Hall–Kier alpha value is -4.13. The number of carbonyl (C=O) groups excluding carboxylic acids is 2. The summed E-state index contributed by atoms with van der Waals surface area (Å²) >= 11 is 0. The van der Waals surface area contributed by atoms with Crippen LogP contribution >= 0.6 is 0 Å². The first-order valence-corrected chi connectivity index (χ1v) is 10.2. The molecule has 1 amide bonds. The van der Waals surface area contributed by atoms with Crippen LogP contribution in [0.4, 0.5) is 10.1 Å². The molecule has 3 aromatic rings. The molecule has 1 fully saturated rings. The van der Waals surface area contributed by atoms with Crippen LogP contribution in [0.2, 0.25) is 0 Å². The van der Waals surface area contributed by atoms with Gasteiger partial charge < -0.3 is 14.9 Å². The summed E-state index contributed by atoms with van der Waals surface area (Å²) in [7, 11) is 1.46. The molecule has 0 bridgehead atoms. The summed E-state index contributed by atoms with van der Waals surface area (Å²) in [6.45, 7) is 3.66. The van der Waals surface area contributed by atoms with E-state index in [1.165, 1.54) is 48.4 Å². The molecule has 1 heterocycles. The minimum Gasteiger partial charge on any atom is -0.508 e. The average Bonchev–Trinajstić information content (AvgIpc) is 3.04. The number of nitrogens with zero attached hydrogens (tertiary/aromatic N) is 1. The maximum Gasteiger partial charge on any atom is 0.300 e. The number of methoxy groups -OCH3 is 1. The van der Waals surface area contributed by atoms with Crippen molar-refractivity contribution in [3.8, 4) is 11.5 Å². The van der Waals surface area contributed by atoms with Gasteiger partial charge in [0.05, 0.1) is 24.3 Å². The summed E-state index contributed by atoms with van der Waals surface area (Å²) in [5.41, 5.74) is 2.54. The molecule has 0 aromatic heterocycles. The number of rotatable bonds is 4. The maximum atomic E-state index is 13.5. The minimum absolute atomic E-state index is 0.00784. The van der Waals surface area contributed by atoms with Crippen molar-refractivity contribution < 1.29 is 28.9 Å². The van der Waals surface area contributed by atoms with Gasteiger partial charge in [0.1, 0.15) is 23.1 Å². The third-order valence-electron chi connectivity index (χ3n) is 5.64. The van der Waals surface area contributed by atoms with E-state index in [1.54, 1.807) is 18.2 Å². The lowest BCUT2D eigenvalue weighted by molar-refractivity contribution is -0.132. The molecule has 1 saturated heterocycles. The van der Waals surface area contributed by atoms with Crippen molar-refractivity contribution in [3.05, 3.63) is 94.3 Å². The molecule has 3 aromatic carbocycles. The first kappa shape index (κ1) is 22.1. The number of aromatic hydroxyl groups is 1. The molecule has 1 atom stereocenters. The van der Waals surface area contributed by atoms with E-state index in [9.17, 15) is 24.2 Å². The highest BCUT2D eigenvalue weighted by Crippen LogP contribution is 2.44. The molecule has 0 radical (unpaired) electrons. The summed E-state index contributed by atoms with van der Waals surface area (Å²) in [4.78, 5) is 27.6. The number of ketones is 1. The van der Waals surface area contributed by atoms with Crippen LogP contribution in [0.1, 0.15) is 28.3 Å². The average molecular weight is 447 g/mol. The Morgan fingerprint density at radius 3 is 2.24 bits per heavy atom. The highest BCUT2D eigenvalue weighted by Gasteiger charge is 2.47. The zero-order valence-corrected chi connectivity index (χ0v) is 18.3. The van der Waals surface area contributed by atoms with E-state index in [0.29, 0.717) is 17.0 Å². The van der Waals surface area contributed by atoms with Crippen molar-refractivity contribution in [2.24, 2.45) is 0 Å². The molecular formula is C26H22FNO5. The SMILES string of the molecule is COc1c(C)cc(C)cc1/C(O)=C1\C(=O)C(=O)N(c2ccc(F)cc2)C1c1ccc(O)cc1. The number of aliphatic hydroxyl groups is 1. The lowest BCUT2D eigenvalue weighted by Gasteiger charge is -2.25. The van der Waals surface area contributed by atoms with Gasteiger partial charge in [0, 0.05) is 5.69 Å². The monoisotopic (exact) mass is 447 g/mol. The van der Waals surface area contributed by atoms with E-state index in [2.05, 4.69) is 0 Å². The molecule has 2 N–H and O–H groups in total. The van der Waals surface area contributed by atoms with Gasteiger partial charge in [-0.25, -0.2) is 4.39 Å². The number of ether oxygens (including phenoxy) is 1. The Bertz CT molecular complexity index is 1280. The van der Waals surface area contributed by atoms with Gasteiger partial charge in [0.2, 0.25) is 0 Å². The highest BCUT2D eigenvalue weighted by atomic mass is 19.1. The van der Waals surface area contributed by atoms with E-state index in [1.807, 2.05) is 19.9 Å². The van der Waals surface area contributed by atoms with Crippen LogP contribution in [0.15, 0.2) is 66.2 Å². The second-order valence-electron chi connectivity index (χ2n) is 7.90. The number of aryl methyl sites for hydroxylation is 2. The molecule has 6 nitrogen and oxygen atoms in total. The Kier molecular flexibility index (Phi) is 5.64. The zero-order chi connectivity index (χ0) is 23.9. The number of carbonyl (C=O) groups is 2. The molecule has 7 heteroatoms. The van der Waals surface area contributed by atoms with Gasteiger partial charge >= 0.3 is 0 Å². The smallest absolute Gasteiger partial charge is 0.300 e. The van der Waals surface area contributed by atoms with Crippen molar-refractivity contribution in [1.82, 2.24) is 0 Å². The summed E-state index contributed by atoms with van der Waals surface area (Å²) in [6.07, 6.45) is 0. The van der Waals surface area contributed by atoms with Crippen LogP contribution in [-0.2, 0) is 9.59 Å². The molecular weight excluding hydrogens is 425 g/mol. The molecule has 4 rings (SSSR count). The fourth-order valence-corrected chi connectivity index (χ4v) is 4.22. The van der Waals surface area contributed by atoms with Crippen LogP contribution in [-0.4, -0.2) is 29.0 Å². The summed E-state index contributed by atoms with van der Waals surface area (Å²) in [6, 6.07) is 13.7. The highest BCUT2D eigenvalue weighted by molar-refractivity contribution is 6.51. The second kappa shape index (κ2) is 8.43. The first-order valence-electron chi connectivity index (χ1n) is 10.2. The van der Waals surface area contributed by atoms with Gasteiger partial charge in [-0.05, 0) is 73.0 Å². The lowest BCUT2D eigenvalue weighted by Crippen LogP contribution is -2.29. The van der Waals surface area contributed by atoms with Crippen LogP contribution in [0.3, 0.4) is 0 Å². The fourth-order valence-electron chi connectivity index (χ4n) is 4.22. The normalized spacial score (nSPS) is 17.5. The van der Waals surface area contributed by atoms with E-state index >= 15 is 0 Å². The molecule has 1 aliphatic heterocycles. The van der Waals surface area contributed by atoms with Gasteiger partial charge in [-0.3, -0.25) is 14.5 Å². The number of phenolic OH excluding ortho intramolecular Hbond substituents is 1. The topological polar surface area (TPSA) is 87.1 Å². The first-order chi connectivity index (χ1) is 15.7. The van der Waals surface area contributed by atoms with Gasteiger partial charge in [-0.15, -0.1) is 0 Å². The summed E-state index contributed by atoms with van der Waals surface area (Å²) in [5, 5.41) is 21.1. The van der Waals surface area contributed by atoms with Crippen molar-refractivity contribution in [1.29, 1.82) is 0 Å². The number of amides is 1. The van der Waals surface area contributed by atoms with Crippen molar-refractivity contribution in [2.75, 3.05) is 12.0 Å². The van der Waals surface area contributed by atoms with Crippen LogP contribution in [0, 0.1) is 19.7 Å². The largest absolute Gasteiger partial charge is 0.508 e. The number of hydrogen-bond donors (Lipinski definition) is 2. The molecule has 0 saturated carbocycles. The molecule has 0 aliphatic carbocycles. The predicted molar refractivity (Wildman–Crippen MR) is 122 cm³/mol. The molecule has 0 spiro atoms. The van der Waals surface area contributed by atoms with Crippen molar-refractivity contribution >= 4 is 23.1 Å². The van der Waals surface area contributed by atoms with Gasteiger partial charge in [-0.1, -0.05) is 18.2 Å². The number of phenols is 1. The Morgan fingerprint density at radius 1 is 1.00 bits per heavy atom. The maximum absolute atomic E-state index is 13.5. The Labute approximate surface area is 190 Å². The number of anilines is 1. The van der Waals surface area contributed by atoms with Crippen LogP contribution < -0.4 is 9.64 Å². The van der Waals surface area contributed by atoms with E-state index < -0.39 is 23.5 Å². The fraction of sp³-hybridized carbons (Fsp3) is 0.154. The van der Waals surface area contributed by atoms with Crippen LogP contribution in [0.25, 0.3) is 5.76 Å². The van der Waals surface area contributed by atoms with Crippen LogP contribution in [0.5, 0.6) is 11.5 Å². The number of halogens is 1. The van der Waals surface area contributed by atoms with Crippen molar-refractivity contribution in [2.45, 2.75) is 19.9 Å².